The van der Waals surface area contributed by atoms with E-state index in [1.807, 2.05) is 0 Å². The van der Waals surface area contributed by atoms with Gasteiger partial charge in [-0.2, -0.15) is 10.6 Å². The van der Waals surface area contributed by atoms with Gasteiger partial charge >= 0.3 is 12.0 Å². The lowest BCUT2D eigenvalue weighted by Crippen LogP contribution is -2.49. The first-order valence-electron chi connectivity index (χ1n) is 9.13. The third kappa shape index (κ3) is 4.89. The second-order valence-corrected chi connectivity index (χ2v) is 9.24. The van der Waals surface area contributed by atoms with Crippen molar-refractivity contribution in [1.82, 2.24) is 4.90 Å². The second-order valence-electron chi connectivity index (χ2n) is 6.82. The molecule has 2 N–H and O–H groups in total. The highest BCUT2D eigenvalue weighted by Gasteiger charge is 2.30. The van der Waals surface area contributed by atoms with Gasteiger partial charge in [0.15, 0.2) is 0 Å². The average molecular weight is 440 g/mol. The largest absolute Gasteiger partial charge is 0.465 e. The first-order chi connectivity index (χ1) is 14.2. The highest BCUT2D eigenvalue weighted by molar-refractivity contribution is 8.24. The smallest absolute Gasteiger partial charge is 0.337 e. The Hall–Kier alpha value is -2.69. The van der Waals surface area contributed by atoms with Gasteiger partial charge in [-0.15, -0.1) is 0 Å². The summed E-state index contributed by atoms with van der Waals surface area (Å²) in [4.78, 5) is 27.2. The zero-order valence-corrected chi connectivity index (χ0v) is 17.1. The molecule has 2 aromatic carbocycles. The van der Waals surface area contributed by atoms with Crippen LogP contribution in [0, 0.1) is 11.6 Å². The number of ether oxygens (including phenoxy) is 1. The minimum absolute atomic E-state index is 0.0174. The molecule has 0 aromatic heterocycles. The quantitative estimate of drug-likeness (QED) is 0.703. The van der Waals surface area contributed by atoms with Crippen LogP contribution in [0.3, 0.4) is 0 Å². The third-order valence-electron chi connectivity index (χ3n) is 4.82. The molecule has 3 rings (SSSR count). The van der Waals surface area contributed by atoms with Crippen molar-refractivity contribution in [2.24, 2.45) is 0 Å². The summed E-state index contributed by atoms with van der Waals surface area (Å²) in [7, 11) is -1.54. The first kappa shape index (κ1) is 22.0. The molecule has 1 fully saturated rings. The molecule has 0 saturated carbocycles. The number of methoxy groups -OCH3 is 1. The number of para-hydroxylation sites is 1. The van der Waals surface area contributed by atoms with Crippen molar-refractivity contribution in [1.29, 1.82) is 0 Å². The maximum Gasteiger partial charge on any atom is 0.337 e. The summed E-state index contributed by atoms with van der Waals surface area (Å²) in [5, 5.41) is 0. The molecule has 0 bridgehead atoms. The molecule has 10 heteroatoms. The molecular weight excluding hydrogens is 418 g/mol. The molecule has 0 atom stereocenters. The highest BCUT2D eigenvalue weighted by Crippen LogP contribution is 2.40. The molecule has 1 saturated heterocycles. The van der Waals surface area contributed by atoms with Gasteiger partial charge < -0.3 is 9.64 Å². The molecule has 7 nitrogen and oxygen atoms in total. The fraction of sp³-hybridized carbons (Fsp3) is 0.300. The summed E-state index contributed by atoms with van der Waals surface area (Å²) in [5.74, 6) is -2.02. The summed E-state index contributed by atoms with van der Waals surface area (Å²) >= 11 is 0. The minimum atomic E-state index is -2.72. The third-order valence-corrected chi connectivity index (χ3v) is 6.50. The number of esters is 1. The summed E-state index contributed by atoms with van der Waals surface area (Å²) in [5.41, 5.74) is 0.0698. The van der Waals surface area contributed by atoms with Crippen molar-refractivity contribution in [2.75, 3.05) is 36.6 Å². The van der Waals surface area contributed by atoms with Crippen LogP contribution in [0.5, 0.6) is 0 Å². The molecule has 0 unspecified atom stereocenters. The van der Waals surface area contributed by atoms with Crippen LogP contribution in [-0.4, -0.2) is 57.7 Å². The number of carbonyl (C=O) groups is 2. The lowest BCUT2D eigenvalue weighted by atomic mass is 10.1. The number of halogens is 2. The lowest BCUT2D eigenvalue weighted by Gasteiger charge is -2.42. The summed E-state index contributed by atoms with van der Waals surface area (Å²) in [6.07, 6.45) is 0. The van der Waals surface area contributed by atoms with Crippen LogP contribution in [0.1, 0.15) is 15.9 Å². The topological polar surface area (TPSA) is 90.3 Å². The zero-order chi connectivity index (χ0) is 21.9. The van der Waals surface area contributed by atoms with Gasteiger partial charge in [-0.25, -0.2) is 18.4 Å². The Morgan fingerprint density at radius 2 is 1.77 bits per heavy atom. The van der Waals surface area contributed by atoms with E-state index in [1.54, 1.807) is 6.07 Å². The molecule has 30 heavy (non-hydrogen) atoms. The Kier molecular flexibility index (Phi) is 6.59. The summed E-state index contributed by atoms with van der Waals surface area (Å²) in [6, 6.07) is 8.77. The monoisotopic (exact) mass is 440 g/mol. The van der Waals surface area contributed by atoms with Crippen LogP contribution in [0.2, 0.25) is 0 Å². The average Bonchev–Trinajstić information content (AvgIpc) is 2.72. The van der Waals surface area contributed by atoms with Gasteiger partial charge in [-0.05, 0) is 24.3 Å². The van der Waals surface area contributed by atoms with E-state index >= 15 is 0 Å². The van der Waals surface area contributed by atoms with E-state index in [1.165, 1.54) is 42.3 Å². The molecular formula is C20H22F2N2O5S. The Bertz CT molecular complexity index is 947. The normalized spacial score (nSPS) is 16.6. The molecule has 1 heterocycles. The molecule has 0 radical (unpaired) electrons. The van der Waals surface area contributed by atoms with E-state index in [9.17, 15) is 27.5 Å². The number of benzene rings is 2. The first-order valence-corrected chi connectivity index (χ1v) is 11.0. The van der Waals surface area contributed by atoms with E-state index in [-0.39, 0.29) is 48.0 Å². The van der Waals surface area contributed by atoms with E-state index in [0.717, 1.165) is 11.0 Å². The molecule has 2 amide bonds. The predicted molar refractivity (Wildman–Crippen MR) is 110 cm³/mol. The van der Waals surface area contributed by atoms with Gasteiger partial charge in [-0.3, -0.25) is 14.0 Å². The predicted octanol–water partition coefficient (Wildman–Crippen LogP) is 3.94. The standard InChI is InChI=1S/C20H22F2N2O5S/c1-29-19(25)14-6-7-15(17(22)12-14)13-24(18-5-3-2-4-16(18)21)20(26)23-8-10-30(27,28)11-9-23/h2-7,12,27-28H,8-11,13H2,1H3. The minimum Gasteiger partial charge on any atom is -0.465 e. The van der Waals surface area contributed by atoms with Crippen LogP contribution in [0.25, 0.3) is 0 Å². The van der Waals surface area contributed by atoms with Crippen molar-refractivity contribution in [3.8, 4) is 0 Å². The molecule has 1 aliphatic heterocycles. The fourth-order valence-electron chi connectivity index (χ4n) is 3.11. The van der Waals surface area contributed by atoms with Crippen LogP contribution >= 0.6 is 10.6 Å². The van der Waals surface area contributed by atoms with Gasteiger partial charge in [0.1, 0.15) is 11.6 Å². The zero-order valence-electron chi connectivity index (χ0n) is 16.3. The van der Waals surface area contributed by atoms with Crippen LogP contribution in [0.4, 0.5) is 19.3 Å². The Balaban J connectivity index is 1.90. The maximum atomic E-state index is 14.6. The van der Waals surface area contributed by atoms with Crippen molar-refractivity contribution in [3.63, 3.8) is 0 Å². The van der Waals surface area contributed by atoms with Crippen molar-refractivity contribution < 1.29 is 32.2 Å². The van der Waals surface area contributed by atoms with Crippen molar-refractivity contribution in [2.45, 2.75) is 6.54 Å². The maximum absolute atomic E-state index is 14.6. The molecule has 0 spiro atoms. The fourth-order valence-corrected chi connectivity index (χ4v) is 4.34. The Morgan fingerprint density at radius 3 is 2.37 bits per heavy atom. The number of urea groups is 1. The van der Waals surface area contributed by atoms with Gasteiger partial charge in [0.25, 0.3) is 0 Å². The molecule has 2 aromatic rings. The van der Waals surface area contributed by atoms with E-state index in [0.29, 0.717) is 0 Å². The molecule has 0 aliphatic carbocycles. The number of hydrogen-bond donors (Lipinski definition) is 2. The van der Waals surface area contributed by atoms with E-state index in [2.05, 4.69) is 4.74 Å². The van der Waals surface area contributed by atoms with E-state index in [4.69, 9.17) is 0 Å². The number of amides is 2. The van der Waals surface area contributed by atoms with Crippen LogP contribution in [-0.2, 0) is 11.3 Å². The SMILES string of the molecule is COC(=O)c1ccc(CN(C(=O)N2CCS(O)(O)CC2)c2ccccc2F)c(F)c1. The van der Waals surface area contributed by atoms with Gasteiger partial charge in [0.2, 0.25) is 0 Å². The van der Waals surface area contributed by atoms with Gasteiger partial charge in [0, 0.05) is 18.7 Å². The number of anilines is 1. The number of nitrogens with zero attached hydrogens (tertiary/aromatic N) is 2. The lowest BCUT2D eigenvalue weighted by molar-refractivity contribution is 0.0600. The van der Waals surface area contributed by atoms with E-state index < -0.39 is 34.2 Å². The number of rotatable bonds is 4. The van der Waals surface area contributed by atoms with Crippen LogP contribution < -0.4 is 4.90 Å². The molecule has 162 valence electrons. The number of carbonyl (C=O) groups excluding carboxylic acids is 2. The second kappa shape index (κ2) is 8.99. The van der Waals surface area contributed by atoms with Crippen LogP contribution in [0.15, 0.2) is 42.5 Å². The van der Waals surface area contributed by atoms with Crippen molar-refractivity contribution in [3.05, 3.63) is 65.2 Å². The van der Waals surface area contributed by atoms with Gasteiger partial charge in [0.05, 0.1) is 36.4 Å². The summed E-state index contributed by atoms with van der Waals surface area (Å²) < 4.78 is 53.2. The Morgan fingerprint density at radius 1 is 1.10 bits per heavy atom. The number of hydrogen-bond acceptors (Lipinski definition) is 5. The van der Waals surface area contributed by atoms with Crippen molar-refractivity contribution >= 4 is 28.3 Å². The molecule has 1 aliphatic rings. The summed E-state index contributed by atoms with van der Waals surface area (Å²) in [6.45, 7) is -0.0917. The Labute approximate surface area is 174 Å². The van der Waals surface area contributed by atoms with Gasteiger partial charge in [-0.1, -0.05) is 18.2 Å². The highest BCUT2D eigenvalue weighted by atomic mass is 32.3.